The van der Waals surface area contributed by atoms with E-state index in [0.29, 0.717) is 11.5 Å². The zero-order valence-corrected chi connectivity index (χ0v) is 12.4. The number of benzene rings is 1. The summed E-state index contributed by atoms with van der Waals surface area (Å²) in [6.45, 7) is 1.80. The van der Waals surface area contributed by atoms with Gasteiger partial charge in [0.25, 0.3) is 0 Å². The van der Waals surface area contributed by atoms with Crippen molar-refractivity contribution in [2.45, 2.75) is 11.8 Å². The lowest BCUT2D eigenvalue weighted by molar-refractivity contribution is 0.190. The molecular formula is C13H16BrNO2S. The van der Waals surface area contributed by atoms with Crippen LogP contribution in [-0.2, 0) is 15.3 Å². The topological polar surface area (TPSA) is 46.2 Å². The molecule has 1 aromatic carbocycles. The van der Waals surface area contributed by atoms with E-state index in [1.54, 1.807) is 0 Å². The molecule has 5 heteroatoms. The second kappa shape index (κ2) is 4.32. The largest absolute Gasteiger partial charge is 0.315 e. The Morgan fingerprint density at radius 3 is 2.33 bits per heavy atom. The summed E-state index contributed by atoms with van der Waals surface area (Å²) in [5, 5.41) is 3.31. The third-order valence-corrected chi connectivity index (χ3v) is 6.61. The predicted octanol–water partition coefficient (Wildman–Crippen LogP) is 1.72. The standard InChI is InChI=1S/C13H16BrNO2S/c14-12-3-1-10(2-4-12)13(8-15-9-13)11-5-6-18(16,17)7-11/h1-4,11,15H,5-9H2. The van der Waals surface area contributed by atoms with E-state index in [1.165, 1.54) is 5.56 Å². The summed E-state index contributed by atoms with van der Waals surface area (Å²) in [4.78, 5) is 0. The number of halogens is 1. The molecule has 3 rings (SSSR count). The van der Waals surface area contributed by atoms with Crippen LogP contribution in [0.25, 0.3) is 0 Å². The molecule has 2 aliphatic rings. The molecule has 0 spiro atoms. The van der Waals surface area contributed by atoms with Gasteiger partial charge >= 0.3 is 0 Å². The van der Waals surface area contributed by atoms with E-state index >= 15 is 0 Å². The average molecular weight is 330 g/mol. The fraction of sp³-hybridized carbons (Fsp3) is 0.538. The van der Waals surface area contributed by atoms with Gasteiger partial charge in [0.1, 0.15) is 0 Å². The molecule has 1 atom stereocenters. The van der Waals surface area contributed by atoms with Gasteiger partial charge in [0.2, 0.25) is 0 Å². The summed E-state index contributed by atoms with van der Waals surface area (Å²) in [5.41, 5.74) is 1.30. The summed E-state index contributed by atoms with van der Waals surface area (Å²) in [6, 6.07) is 8.32. The van der Waals surface area contributed by atoms with Crippen molar-refractivity contribution in [1.82, 2.24) is 5.32 Å². The molecule has 1 N–H and O–H groups in total. The van der Waals surface area contributed by atoms with Gasteiger partial charge in [-0.3, -0.25) is 0 Å². The average Bonchev–Trinajstić information content (AvgIpc) is 2.60. The van der Waals surface area contributed by atoms with Crippen LogP contribution in [0.3, 0.4) is 0 Å². The number of rotatable bonds is 2. The van der Waals surface area contributed by atoms with Gasteiger partial charge in [-0.1, -0.05) is 28.1 Å². The highest BCUT2D eigenvalue weighted by Gasteiger charge is 2.49. The third kappa shape index (κ3) is 2.02. The monoisotopic (exact) mass is 329 g/mol. The second-order valence-corrected chi connectivity index (χ2v) is 8.51. The van der Waals surface area contributed by atoms with Gasteiger partial charge in [-0.25, -0.2) is 8.42 Å². The van der Waals surface area contributed by atoms with Gasteiger partial charge in [0.05, 0.1) is 11.5 Å². The summed E-state index contributed by atoms with van der Waals surface area (Å²) in [7, 11) is -2.81. The molecule has 0 aromatic heterocycles. The van der Waals surface area contributed by atoms with Gasteiger partial charge in [0, 0.05) is 23.0 Å². The summed E-state index contributed by atoms with van der Waals surface area (Å²) < 4.78 is 24.4. The minimum atomic E-state index is -2.81. The van der Waals surface area contributed by atoms with Crippen LogP contribution in [0.4, 0.5) is 0 Å². The highest BCUT2D eigenvalue weighted by molar-refractivity contribution is 9.10. The van der Waals surface area contributed by atoms with Crippen molar-refractivity contribution in [3.05, 3.63) is 34.3 Å². The van der Waals surface area contributed by atoms with Crippen molar-refractivity contribution in [1.29, 1.82) is 0 Å². The smallest absolute Gasteiger partial charge is 0.150 e. The Bertz CT molecular complexity index is 549. The fourth-order valence-corrected chi connectivity index (χ4v) is 5.31. The molecule has 2 aliphatic heterocycles. The minimum absolute atomic E-state index is 0.0320. The normalized spacial score (nSPS) is 28.8. The molecule has 0 bridgehead atoms. The van der Waals surface area contributed by atoms with E-state index in [2.05, 4.69) is 33.4 Å². The number of sulfone groups is 1. The highest BCUT2D eigenvalue weighted by atomic mass is 79.9. The van der Waals surface area contributed by atoms with E-state index < -0.39 is 9.84 Å². The molecule has 1 unspecified atom stereocenters. The quantitative estimate of drug-likeness (QED) is 0.898. The van der Waals surface area contributed by atoms with Crippen LogP contribution in [-0.4, -0.2) is 33.0 Å². The van der Waals surface area contributed by atoms with Crippen molar-refractivity contribution in [3.63, 3.8) is 0 Å². The van der Waals surface area contributed by atoms with Crippen LogP contribution < -0.4 is 5.32 Å². The molecule has 18 heavy (non-hydrogen) atoms. The van der Waals surface area contributed by atoms with E-state index in [-0.39, 0.29) is 11.3 Å². The summed E-state index contributed by atoms with van der Waals surface area (Å²) in [6.07, 6.45) is 0.806. The third-order valence-electron chi connectivity index (χ3n) is 4.31. The second-order valence-electron chi connectivity index (χ2n) is 5.37. The maximum Gasteiger partial charge on any atom is 0.150 e. The first-order valence-corrected chi connectivity index (χ1v) is 8.80. The molecule has 2 heterocycles. The highest BCUT2D eigenvalue weighted by Crippen LogP contribution is 2.42. The molecular weight excluding hydrogens is 314 g/mol. The SMILES string of the molecule is O=S1(=O)CCC(C2(c3ccc(Br)cc3)CNC2)C1. The van der Waals surface area contributed by atoms with Crippen molar-refractivity contribution < 1.29 is 8.42 Å². The fourth-order valence-electron chi connectivity index (χ4n) is 3.14. The maximum absolute atomic E-state index is 11.7. The van der Waals surface area contributed by atoms with Gasteiger partial charge in [-0.2, -0.15) is 0 Å². The molecule has 0 aliphatic carbocycles. The van der Waals surface area contributed by atoms with Gasteiger partial charge in [-0.15, -0.1) is 0 Å². The Kier molecular flexibility index (Phi) is 3.03. The van der Waals surface area contributed by atoms with E-state index in [1.807, 2.05) is 12.1 Å². The molecule has 98 valence electrons. The van der Waals surface area contributed by atoms with Crippen LogP contribution in [0, 0.1) is 5.92 Å². The van der Waals surface area contributed by atoms with Gasteiger partial charge in [-0.05, 0) is 30.0 Å². The van der Waals surface area contributed by atoms with Crippen LogP contribution in [0.1, 0.15) is 12.0 Å². The first-order chi connectivity index (χ1) is 8.52. The summed E-state index contributed by atoms with van der Waals surface area (Å²) in [5.74, 6) is 0.977. The molecule has 2 fully saturated rings. The Hall–Kier alpha value is -0.390. The number of hydrogen-bond acceptors (Lipinski definition) is 3. The Morgan fingerprint density at radius 2 is 1.89 bits per heavy atom. The summed E-state index contributed by atoms with van der Waals surface area (Å²) >= 11 is 3.44. The zero-order chi connectivity index (χ0) is 12.8. The first kappa shape index (κ1) is 12.6. The van der Waals surface area contributed by atoms with Crippen LogP contribution >= 0.6 is 15.9 Å². The maximum atomic E-state index is 11.7. The van der Waals surface area contributed by atoms with Gasteiger partial charge < -0.3 is 5.32 Å². The Labute approximate surface area is 116 Å². The van der Waals surface area contributed by atoms with Crippen molar-refractivity contribution in [2.75, 3.05) is 24.6 Å². The van der Waals surface area contributed by atoms with Crippen molar-refractivity contribution in [3.8, 4) is 0 Å². The molecule has 2 saturated heterocycles. The molecule has 1 aromatic rings. The minimum Gasteiger partial charge on any atom is -0.315 e. The van der Waals surface area contributed by atoms with Crippen LogP contribution in [0.15, 0.2) is 28.7 Å². The molecule has 0 saturated carbocycles. The van der Waals surface area contributed by atoms with Gasteiger partial charge in [0.15, 0.2) is 9.84 Å². The Morgan fingerprint density at radius 1 is 1.22 bits per heavy atom. The van der Waals surface area contributed by atoms with Crippen molar-refractivity contribution in [2.24, 2.45) is 5.92 Å². The van der Waals surface area contributed by atoms with E-state index in [4.69, 9.17) is 0 Å². The number of hydrogen-bond donors (Lipinski definition) is 1. The molecule has 0 radical (unpaired) electrons. The number of nitrogens with one attached hydrogen (secondary N) is 1. The zero-order valence-electron chi connectivity index (χ0n) is 10.0. The van der Waals surface area contributed by atoms with Crippen molar-refractivity contribution >= 4 is 25.8 Å². The van der Waals surface area contributed by atoms with E-state index in [9.17, 15) is 8.42 Å². The van der Waals surface area contributed by atoms with E-state index in [0.717, 1.165) is 24.0 Å². The first-order valence-electron chi connectivity index (χ1n) is 6.19. The van der Waals surface area contributed by atoms with Crippen LogP contribution in [0.2, 0.25) is 0 Å². The predicted molar refractivity (Wildman–Crippen MR) is 75.5 cm³/mol. The van der Waals surface area contributed by atoms with Crippen LogP contribution in [0.5, 0.6) is 0 Å². The molecule has 0 amide bonds. The lowest BCUT2D eigenvalue weighted by atomic mass is 9.66. The Balaban J connectivity index is 1.93. The molecule has 3 nitrogen and oxygen atoms in total. The lowest BCUT2D eigenvalue weighted by Crippen LogP contribution is -2.61. The lowest BCUT2D eigenvalue weighted by Gasteiger charge is -2.47.